The van der Waals surface area contributed by atoms with E-state index in [1.165, 1.54) is 71.2 Å². The van der Waals surface area contributed by atoms with Gasteiger partial charge in [-0.3, -0.25) is 14.7 Å². The molecule has 200 valence electrons. The van der Waals surface area contributed by atoms with Crippen molar-refractivity contribution in [3.8, 4) is 0 Å². The van der Waals surface area contributed by atoms with Crippen LogP contribution in [0.1, 0.15) is 16.1 Å². The number of carbonyl (C=O) groups excluding carboxylic acids is 1. The van der Waals surface area contributed by atoms with Crippen LogP contribution in [0.15, 0.2) is 71.8 Å². The highest BCUT2D eigenvalue weighted by Gasteiger charge is 2.26. The molecule has 0 aliphatic heterocycles. The van der Waals surface area contributed by atoms with Crippen molar-refractivity contribution in [1.29, 1.82) is 0 Å². The van der Waals surface area contributed by atoms with E-state index < -0.39 is 21.7 Å². The fourth-order valence-electron chi connectivity index (χ4n) is 3.69. The van der Waals surface area contributed by atoms with Gasteiger partial charge in [0.25, 0.3) is 5.91 Å². The molecule has 38 heavy (non-hydrogen) atoms. The van der Waals surface area contributed by atoms with Crippen LogP contribution in [-0.2, 0) is 26.0 Å². The van der Waals surface area contributed by atoms with Gasteiger partial charge in [0.1, 0.15) is 5.82 Å². The first-order chi connectivity index (χ1) is 18.3. The number of amides is 1. The highest BCUT2D eigenvalue weighted by atomic mass is 32.2. The molecule has 0 atom stereocenters. The summed E-state index contributed by atoms with van der Waals surface area (Å²) in [6.07, 6.45) is 1.63. The third-order valence-electron chi connectivity index (χ3n) is 5.69. The van der Waals surface area contributed by atoms with E-state index in [1.807, 2.05) is 6.07 Å². The van der Waals surface area contributed by atoms with Gasteiger partial charge in [0.2, 0.25) is 10.0 Å². The summed E-state index contributed by atoms with van der Waals surface area (Å²) < 4.78 is 52.2. The normalized spacial score (nSPS) is 11.8. The minimum atomic E-state index is -3.84. The second-order valence-electron chi connectivity index (χ2n) is 8.23. The quantitative estimate of drug-likeness (QED) is 0.259. The molecule has 0 spiro atoms. The molecule has 0 saturated heterocycles. The highest BCUT2D eigenvalue weighted by Crippen LogP contribution is 2.31. The Bertz CT molecular complexity index is 1470. The van der Waals surface area contributed by atoms with Gasteiger partial charge in [0.15, 0.2) is 5.13 Å². The van der Waals surface area contributed by atoms with Gasteiger partial charge in [-0.05, 0) is 54.6 Å². The molecule has 2 heterocycles. The molecule has 12 heteroatoms. The van der Waals surface area contributed by atoms with Crippen LogP contribution in [0.5, 0.6) is 0 Å². The molecule has 0 aliphatic rings. The number of rotatable bonds is 12. The summed E-state index contributed by atoms with van der Waals surface area (Å²) in [7, 11) is -0.837. The minimum Gasteiger partial charge on any atom is -0.383 e. The third kappa shape index (κ3) is 6.40. The van der Waals surface area contributed by atoms with Gasteiger partial charge >= 0.3 is 0 Å². The average molecular weight is 559 g/mol. The molecule has 2 aromatic heterocycles. The summed E-state index contributed by atoms with van der Waals surface area (Å²) in [6.45, 7) is 0.920. The van der Waals surface area contributed by atoms with Gasteiger partial charge in [-0.2, -0.15) is 4.31 Å². The first kappa shape index (κ1) is 27.7. The number of carbonyl (C=O) groups is 1. The van der Waals surface area contributed by atoms with Crippen molar-refractivity contribution >= 4 is 42.6 Å². The Labute approximate surface area is 224 Å². The largest absolute Gasteiger partial charge is 0.383 e. The first-order valence-corrected chi connectivity index (χ1v) is 13.9. The lowest BCUT2D eigenvalue weighted by Gasteiger charge is -2.22. The van der Waals surface area contributed by atoms with Crippen LogP contribution >= 0.6 is 11.3 Å². The Morgan fingerprint density at radius 3 is 2.34 bits per heavy atom. The molecule has 0 radical (unpaired) electrons. The molecule has 2 aromatic carbocycles. The van der Waals surface area contributed by atoms with Crippen molar-refractivity contribution in [3.63, 3.8) is 0 Å². The Kier molecular flexibility index (Phi) is 9.13. The number of thiazole rings is 1. The second-order valence-corrected chi connectivity index (χ2v) is 11.2. The van der Waals surface area contributed by atoms with E-state index in [-0.39, 0.29) is 43.3 Å². The van der Waals surface area contributed by atoms with Crippen molar-refractivity contribution in [2.45, 2.75) is 11.4 Å². The lowest BCUT2D eigenvalue weighted by Crippen LogP contribution is -2.36. The molecule has 0 fully saturated rings. The molecular weight excluding hydrogens is 531 g/mol. The zero-order valence-corrected chi connectivity index (χ0v) is 22.5. The summed E-state index contributed by atoms with van der Waals surface area (Å²) in [4.78, 5) is 24.0. The van der Waals surface area contributed by atoms with Crippen molar-refractivity contribution in [2.75, 3.05) is 45.4 Å². The lowest BCUT2D eigenvalue weighted by atomic mass is 10.2. The van der Waals surface area contributed by atoms with E-state index in [2.05, 4.69) is 9.97 Å². The number of methoxy groups -OCH3 is 2. The zero-order chi connectivity index (χ0) is 27.1. The minimum absolute atomic E-state index is 0.0491. The number of benzene rings is 2. The fourth-order valence-corrected chi connectivity index (χ4v) is 6.09. The van der Waals surface area contributed by atoms with Crippen molar-refractivity contribution in [3.05, 3.63) is 83.9 Å². The molecule has 0 N–H and O–H groups in total. The van der Waals surface area contributed by atoms with E-state index in [1.54, 1.807) is 24.4 Å². The Hall–Kier alpha value is -3.29. The summed E-state index contributed by atoms with van der Waals surface area (Å²) in [5, 5.41) is 0.378. The highest BCUT2D eigenvalue weighted by molar-refractivity contribution is 7.89. The van der Waals surface area contributed by atoms with Crippen LogP contribution in [-0.4, -0.2) is 69.1 Å². The predicted octanol–water partition coefficient (Wildman–Crippen LogP) is 3.96. The number of hydrogen-bond acceptors (Lipinski definition) is 8. The standard InChI is InChI=1S/C26H27FN4O5S2/c1-35-15-13-30(14-16-36-2)38(33,34)22-9-6-19(7-10-22)25(32)31(18-21-5-3-4-12-28-21)26-29-23-11-8-20(27)17-24(23)37-26/h3-12,17H,13-16,18H2,1-2H3. The first-order valence-electron chi connectivity index (χ1n) is 11.7. The molecule has 9 nitrogen and oxygen atoms in total. The molecule has 4 rings (SSSR count). The van der Waals surface area contributed by atoms with Crippen molar-refractivity contribution < 1.29 is 27.1 Å². The monoisotopic (exact) mass is 558 g/mol. The van der Waals surface area contributed by atoms with Gasteiger partial charge in [0.05, 0.1) is 40.6 Å². The van der Waals surface area contributed by atoms with Crippen molar-refractivity contribution in [2.24, 2.45) is 0 Å². The molecule has 4 aromatic rings. The van der Waals surface area contributed by atoms with Gasteiger partial charge in [-0.1, -0.05) is 17.4 Å². The summed E-state index contributed by atoms with van der Waals surface area (Å²) in [5.74, 6) is -0.785. The van der Waals surface area contributed by atoms with Gasteiger partial charge < -0.3 is 9.47 Å². The van der Waals surface area contributed by atoms with E-state index in [0.717, 1.165) is 0 Å². The Balaban J connectivity index is 1.64. The number of ether oxygens (including phenoxy) is 2. The number of halogens is 1. The Morgan fingerprint density at radius 2 is 1.71 bits per heavy atom. The molecule has 0 bridgehead atoms. The second kappa shape index (κ2) is 12.5. The summed E-state index contributed by atoms with van der Waals surface area (Å²) in [6, 6.07) is 15.4. The lowest BCUT2D eigenvalue weighted by molar-refractivity contribution is 0.0984. The van der Waals surface area contributed by atoms with Gasteiger partial charge in [-0.25, -0.2) is 17.8 Å². The number of anilines is 1. The van der Waals surface area contributed by atoms with E-state index in [4.69, 9.17) is 9.47 Å². The van der Waals surface area contributed by atoms with Crippen LogP contribution in [0.2, 0.25) is 0 Å². The van der Waals surface area contributed by atoms with Crippen LogP contribution < -0.4 is 4.90 Å². The molecule has 0 aliphatic carbocycles. The maximum absolute atomic E-state index is 13.8. The van der Waals surface area contributed by atoms with Crippen molar-refractivity contribution in [1.82, 2.24) is 14.3 Å². The zero-order valence-electron chi connectivity index (χ0n) is 20.9. The number of nitrogens with zero attached hydrogens (tertiary/aromatic N) is 4. The maximum atomic E-state index is 13.8. The summed E-state index contributed by atoms with van der Waals surface area (Å²) in [5.41, 5.74) is 1.47. The van der Waals surface area contributed by atoms with Crippen LogP contribution in [0.3, 0.4) is 0 Å². The number of aromatic nitrogens is 2. The topological polar surface area (TPSA) is 102 Å². The summed E-state index contributed by atoms with van der Waals surface area (Å²) >= 11 is 1.19. The number of fused-ring (bicyclic) bond motifs is 1. The molecule has 0 unspecified atom stereocenters. The van der Waals surface area contributed by atoms with Crippen LogP contribution in [0, 0.1) is 5.82 Å². The number of pyridine rings is 1. The predicted molar refractivity (Wildman–Crippen MR) is 143 cm³/mol. The van der Waals surface area contributed by atoms with E-state index >= 15 is 0 Å². The number of sulfonamides is 1. The van der Waals surface area contributed by atoms with Gasteiger partial charge in [-0.15, -0.1) is 0 Å². The third-order valence-corrected chi connectivity index (χ3v) is 8.64. The van der Waals surface area contributed by atoms with Gasteiger partial charge in [0, 0.05) is 39.1 Å². The molecular formula is C26H27FN4O5S2. The van der Waals surface area contributed by atoms with E-state index in [9.17, 15) is 17.6 Å². The number of hydrogen-bond donors (Lipinski definition) is 0. The molecule has 1 amide bonds. The van der Waals surface area contributed by atoms with Crippen LogP contribution in [0.25, 0.3) is 10.2 Å². The SMILES string of the molecule is COCCN(CCOC)S(=O)(=O)c1ccc(C(=O)N(Cc2ccccn2)c2nc3ccc(F)cc3s2)cc1. The van der Waals surface area contributed by atoms with Crippen LogP contribution in [0.4, 0.5) is 9.52 Å². The van der Waals surface area contributed by atoms with E-state index in [0.29, 0.717) is 21.0 Å². The maximum Gasteiger partial charge on any atom is 0.260 e. The Morgan fingerprint density at radius 1 is 1.00 bits per heavy atom. The smallest absolute Gasteiger partial charge is 0.260 e. The molecule has 0 saturated carbocycles. The fraction of sp³-hybridized carbons (Fsp3) is 0.269. The average Bonchev–Trinajstić information content (AvgIpc) is 3.35.